The molecule has 2 aromatic rings. The quantitative estimate of drug-likeness (QED) is 0.938. The van der Waals surface area contributed by atoms with Gasteiger partial charge in [-0.1, -0.05) is 18.2 Å². The number of hydrogen-bond acceptors (Lipinski definition) is 4. The predicted octanol–water partition coefficient (Wildman–Crippen LogP) is 2.13. The molecule has 1 aromatic carbocycles. The van der Waals surface area contributed by atoms with Gasteiger partial charge in [0.05, 0.1) is 17.7 Å². The van der Waals surface area contributed by atoms with Crippen LogP contribution in [0.3, 0.4) is 0 Å². The minimum atomic E-state index is -0.306. The molecule has 0 amide bonds. The molecule has 1 N–H and O–H groups in total. The zero-order chi connectivity index (χ0) is 15.4. The van der Waals surface area contributed by atoms with Crippen LogP contribution < -0.4 is 0 Å². The topological polar surface area (TPSA) is 60.2 Å². The molecule has 4 heteroatoms. The lowest BCUT2D eigenvalue weighted by Crippen LogP contribution is -2.36. The molecule has 0 aliphatic carbocycles. The van der Waals surface area contributed by atoms with E-state index >= 15 is 0 Å². The highest BCUT2D eigenvalue weighted by Crippen LogP contribution is 2.24. The van der Waals surface area contributed by atoms with Crippen molar-refractivity contribution in [1.29, 1.82) is 5.26 Å². The van der Waals surface area contributed by atoms with Gasteiger partial charge < -0.3 is 5.11 Å². The normalized spacial score (nSPS) is 21.6. The molecular weight excluding hydrogens is 274 g/mol. The van der Waals surface area contributed by atoms with Crippen molar-refractivity contribution < 1.29 is 5.11 Å². The zero-order valence-corrected chi connectivity index (χ0v) is 12.4. The van der Waals surface area contributed by atoms with Gasteiger partial charge in [0.1, 0.15) is 0 Å². The van der Waals surface area contributed by atoms with E-state index in [9.17, 15) is 5.11 Å². The molecule has 1 aromatic heterocycles. The highest BCUT2D eigenvalue weighted by molar-refractivity contribution is 5.32. The van der Waals surface area contributed by atoms with Gasteiger partial charge in [-0.15, -0.1) is 0 Å². The zero-order valence-electron chi connectivity index (χ0n) is 12.4. The third-order valence-electron chi connectivity index (χ3n) is 4.23. The number of likely N-dealkylation sites (tertiary alicyclic amines) is 1. The van der Waals surface area contributed by atoms with Gasteiger partial charge >= 0.3 is 0 Å². The molecule has 4 nitrogen and oxygen atoms in total. The van der Waals surface area contributed by atoms with Crippen molar-refractivity contribution in [3.8, 4) is 6.07 Å². The van der Waals surface area contributed by atoms with Gasteiger partial charge in [0, 0.05) is 31.5 Å². The molecule has 0 bridgehead atoms. The molecule has 0 unspecified atom stereocenters. The molecular formula is C18H19N3O. The Labute approximate surface area is 130 Å². The fraction of sp³-hybridized carbons (Fsp3) is 0.333. The van der Waals surface area contributed by atoms with E-state index in [4.69, 9.17) is 5.26 Å². The number of hydrogen-bond donors (Lipinski definition) is 1. The summed E-state index contributed by atoms with van der Waals surface area (Å²) in [5, 5.41) is 19.3. The van der Waals surface area contributed by atoms with Crippen LogP contribution in [0.2, 0.25) is 0 Å². The van der Waals surface area contributed by atoms with Gasteiger partial charge in [-0.05, 0) is 42.2 Å². The largest absolute Gasteiger partial charge is 0.391 e. The van der Waals surface area contributed by atoms with Crippen LogP contribution in [0.1, 0.15) is 23.1 Å². The lowest BCUT2D eigenvalue weighted by molar-refractivity contribution is 0.112. The second kappa shape index (κ2) is 6.69. The number of pyridine rings is 1. The predicted molar refractivity (Wildman–Crippen MR) is 83.9 cm³/mol. The lowest BCUT2D eigenvalue weighted by Gasteiger charge is -2.26. The third kappa shape index (κ3) is 3.33. The van der Waals surface area contributed by atoms with E-state index in [1.807, 2.05) is 42.6 Å². The minimum absolute atomic E-state index is 0.106. The van der Waals surface area contributed by atoms with E-state index in [-0.39, 0.29) is 12.1 Å². The van der Waals surface area contributed by atoms with Gasteiger partial charge in [-0.25, -0.2) is 0 Å². The Morgan fingerprint density at radius 1 is 1.27 bits per heavy atom. The molecule has 0 radical (unpaired) electrons. The summed E-state index contributed by atoms with van der Waals surface area (Å²) < 4.78 is 0. The maximum absolute atomic E-state index is 10.3. The van der Waals surface area contributed by atoms with E-state index < -0.39 is 0 Å². The van der Waals surface area contributed by atoms with E-state index in [0.717, 1.165) is 37.1 Å². The number of aromatic nitrogens is 1. The van der Waals surface area contributed by atoms with Crippen LogP contribution in [0.25, 0.3) is 0 Å². The first-order chi connectivity index (χ1) is 10.8. The minimum Gasteiger partial charge on any atom is -0.391 e. The fourth-order valence-corrected chi connectivity index (χ4v) is 3.10. The Bertz CT molecular complexity index is 666. The summed E-state index contributed by atoms with van der Waals surface area (Å²) in [4.78, 5) is 6.45. The molecule has 0 spiro atoms. The number of rotatable bonds is 4. The van der Waals surface area contributed by atoms with Crippen molar-refractivity contribution in [2.24, 2.45) is 0 Å². The second-order valence-corrected chi connectivity index (χ2v) is 5.77. The summed E-state index contributed by atoms with van der Waals surface area (Å²) in [6, 6.07) is 13.9. The van der Waals surface area contributed by atoms with Crippen LogP contribution in [-0.4, -0.2) is 33.7 Å². The maximum Gasteiger partial charge on any atom is 0.0991 e. The first-order valence-corrected chi connectivity index (χ1v) is 7.56. The van der Waals surface area contributed by atoms with Crippen molar-refractivity contribution >= 4 is 0 Å². The highest BCUT2D eigenvalue weighted by Gasteiger charge is 2.32. The molecule has 2 heterocycles. The summed E-state index contributed by atoms with van der Waals surface area (Å²) >= 11 is 0. The molecule has 1 aliphatic rings. The van der Waals surface area contributed by atoms with Crippen molar-refractivity contribution in [2.45, 2.75) is 31.5 Å². The Hall–Kier alpha value is -2.22. The number of nitrogens with zero attached hydrogens (tertiary/aromatic N) is 3. The number of benzene rings is 1. The van der Waals surface area contributed by atoms with Crippen molar-refractivity contribution in [3.63, 3.8) is 0 Å². The lowest BCUT2D eigenvalue weighted by atomic mass is 10.0. The van der Waals surface area contributed by atoms with E-state index in [1.165, 1.54) is 0 Å². The first kappa shape index (κ1) is 14.7. The number of nitriles is 1. The highest BCUT2D eigenvalue weighted by atomic mass is 16.3. The second-order valence-electron chi connectivity index (χ2n) is 5.77. The summed E-state index contributed by atoms with van der Waals surface area (Å²) in [5.74, 6) is 0. The number of aliphatic hydroxyl groups excluding tert-OH is 1. The third-order valence-corrected chi connectivity index (χ3v) is 4.23. The van der Waals surface area contributed by atoms with Gasteiger partial charge in [0.15, 0.2) is 0 Å². The molecule has 1 saturated heterocycles. The maximum atomic E-state index is 10.3. The number of aliphatic hydroxyl groups is 1. The summed E-state index contributed by atoms with van der Waals surface area (Å²) in [6.45, 7) is 1.64. The molecule has 1 aliphatic heterocycles. The van der Waals surface area contributed by atoms with E-state index in [2.05, 4.69) is 16.0 Å². The Morgan fingerprint density at radius 3 is 2.91 bits per heavy atom. The van der Waals surface area contributed by atoms with Gasteiger partial charge in [-0.2, -0.15) is 5.26 Å². The molecule has 22 heavy (non-hydrogen) atoms. The van der Waals surface area contributed by atoms with Crippen molar-refractivity contribution in [3.05, 3.63) is 65.5 Å². The van der Waals surface area contributed by atoms with Gasteiger partial charge in [-0.3, -0.25) is 9.88 Å². The van der Waals surface area contributed by atoms with Crippen molar-refractivity contribution in [2.75, 3.05) is 6.54 Å². The molecule has 2 atom stereocenters. The van der Waals surface area contributed by atoms with Crippen LogP contribution in [0.5, 0.6) is 0 Å². The average Bonchev–Trinajstić information content (AvgIpc) is 2.89. The standard InChI is InChI=1S/C18H19N3O/c19-11-14-3-1-4-16(9-14)13-21-8-6-18(22)17(21)10-15-5-2-7-20-12-15/h1-5,7,9,12,17-18,22H,6,8,10,13H2/t17-,18+/m0/s1. The summed E-state index contributed by atoms with van der Waals surface area (Å²) in [6.07, 6.45) is 4.91. The van der Waals surface area contributed by atoms with Crippen LogP contribution in [0.4, 0.5) is 0 Å². The van der Waals surface area contributed by atoms with E-state index in [0.29, 0.717) is 5.56 Å². The van der Waals surface area contributed by atoms with Crippen LogP contribution >= 0.6 is 0 Å². The monoisotopic (exact) mass is 293 g/mol. The fourth-order valence-electron chi connectivity index (χ4n) is 3.10. The Kier molecular flexibility index (Phi) is 4.47. The summed E-state index contributed by atoms with van der Waals surface area (Å²) in [7, 11) is 0. The first-order valence-electron chi connectivity index (χ1n) is 7.56. The van der Waals surface area contributed by atoms with E-state index in [1.54, 1.807) is 6.20 Å². The van der Waals surface area contributed by atoms with Gasteiger partial charge in [0.25, 0.3) is 0 Å². The molecule has 1 fully saturated rings. The molecule has 3 rings (SSSR count). The average molecular weight is 293 g/mol. The van der Waals surface area contributed by atoms with Crippen LogP contribution in [0, 0.1) is 11.3 Å². The molecule has 0 saturated carbocycles. The van der Waals surface area contributed by atoms with Gasteiger partial charge in [0.2, 0.25) is 0 Å². The molecule has 112 valence electrons. The smallest absolute Gasteiger partial charge is 0.0991 e. The van der Waals surface area contributed by atoms with Crippen LogP contribution in [0.15, 0.2) is 48.8 Å². The Balaban J connectivity index is 1.73. The SMILES string of the molecule is N#Cc1cccc(CN2CC[C@@H](O)[C@@H]2Cc2cccnc2)c1. The van der Waals surface area contributed by atoms with Crippen molar-refractivity contribution in [1.82, 2.24) is 9.88 Å². The van der Waals surface area contributed by atoms with Crippen LogP contribution in [-0.2, 0) is 13.0 Å². The summed E-state index contributed by atoms with van der Waals surface area (Å²) in [5.41, 5.74) is 2.94. The Morgan fingerprint density at radius 2 is 2.14 bits per heavy atom.